The van der Waals surface area contributed by atoms with Crippen LogP contribution in [0.25, 0.3) is 0 Å². The summed E-state index contributed by atoms with van der Waals surface area (Å²) in [5.41, 5.74) is 1.93. The van der Waals surface area contributed by atoms with Crippen molar-refractivity contribution in [1.29, 1.82) is 0 Å². The second kappa shape index (κ2) is 5.10. The number of aromatic amines is 1. The molecule has 0 saturated carbocycles. The Morgan fingerprint density at radius 2 is 1.89 bits per heavy atom. The minimum atomic E-state index is -3.54. The minimum Gasteiger partial charge on any atom is -0.281 e. The molecule has 6 nitrogen and oxygen atoms in total. The molecule has 2 rings (SSSR count). The van der Waals surface area contributed by atoms with Crippen LogP contribution in [0, 0.1) is 13.8 Å². The topological polar surface area (TPSA) is 79.0 Å². The van der Waals surface area contributed by atoms with Crippen LogP contribution in [0.2, 0.25) is 0 Å². The number of pyridine rings is 1. The van der Waals surface area contributed by atoms with Crippen molar-refractivity contribution in [3.63, 3.8) is 0 Å². The van der Waals surface area contributed by atoms with Gasteiger partial charge in [0.2, 0.25) is 10.0 Å². The maximum atomic E-state index is 12.5. The van der Waals surface area contributed by atoms with E-state index < -0.39 is 10.0 Å². The van der Waals surface area contributed by atoms with Crippen LogP contribution in [0.15, 0.2) is 29.4 Å². The molecule has 1 N–H and O–H groups in total. The van der Waals surface area contributed by atoms with Crippen LogP contribution in [0.3, 0.4) is 0 Å². The summed E-state index contributed by atoms with van der Waals surface area (Å²) in [4.78, 5) is 4.16. The van der Waals surface area contributed by atoms with Gasteiger partial charge in [-0.05, 0) is 31.5 Å². The molecule has 2 aromatic rings. The SMILES string of the molecule is Cc1n[nH]c(C)c1S(=O)(=O)N(C)Cc1ccncc1. The smallest absolute Gasteiger partial charge is 0.246 e. The molecule has 0 aliphatic carbocycles. The molecule has 0 fully saturated rings. The zero-order valence-electron chi connectivity index (χ0n) is 11.1. The molecular weight excluding hydrogens is 264 g/mol. The summed E-state index contributed by atoms with van der Waals surface area (Å²) in [6, 6.07) is 3.59. The molecule has 0 saturated heterocycles. The first-order valence-corrected chi connectivity index (χ1v) is 7.23. The van der Waals surface area contributed by atoms with E-state index in [0.29, 0.717) is 17.9 Å². The fourth-order valence-electron chi connectivity index (χ4n) is 1.91. The summed E-state index contributed by atoms with van der Waals surface area (Å²) in [5.74, 6) is 0. The lowest BCUT2D eigenvalue weighted by atomic mass is 10.3. The van der Waals surface area contributed by atoms with Gasteiger partial charge in [-0.25, -0.2) is 8.42 Å². The van der Waals surface area contributed by atoms with Gasteiger partial charge in [0, 0.05) is 26.0 Å². The lowest BCUT2D eigenvalue weighted by Crippen LogP contribution is -2.27. The third kappa shape index (κ3) is 2.66. The molecule has 0 aliphatic heterocycles. The molecule has 2 aromatic heterocycles. The van der Waals surface area contributed by atoms with Gasteiger partial charge in [-0.1, -0.05) is 0 Å². The van der Waals surface area contributed by atoms with Gasteiger partial charge in [-0.3, -0.25) is 10.1 Å². The van der Waals surface area contributed by atoms with Gasteiger partial charge >= 0.3 is 0 Å². The summed E-state index contributed by atoms with van der Waals surface area (Å²) in [6.07, 6.45) is 3.29. The van der Waals surface area contributed by atoms with Gasteiger partial charge in [0.05, 0.1) is 11.4 Å². The lowest BCUT2D eigenvalue weighted by Gasteiger charge is -2.17. The highest BCUT2D eigenvalue weighted by molar-refractivity contribution is 7.89. The Balaban J connectivity index is 2.30. The largest absolute Gasteiger partial charge is 0.281 e. The third-order valence-corrected chi connectivity index (χ3v) is 4.95. The molecule has 0 atom stereocenters. The van der Waals surface area contributed by atoms with Crippen molar-refractivity contribution in [3.8, 4) is 0 Å². The number of hydrogen-bond acceptors (Lipinski definition) is 4. The number of nitrogens with one attached hydrogen (secondary N) is 1. The summed E-state index contributed by atoms with van der Waals surface area (Å²) < 4.78 is 26.3. The number of aromatic nitrogens is 3. The molecule has 0 bridgehead atoms. The minimum absolute atomic E-state index is 0.254. The lowest BCUT2D eigenvalue weighted by molar-refractivity contribution is 0.465. The zero-order valence-corrected chi connectivity index (χ0v) is 11.9. The monoisotopic (exact) mass is 280 g/mol. The molecule has 0 radical (unpaired) electrons. The van der Waals surface area contributed by atoms with Crippen LogP contribution < -0.4 is 0 Å². The molecule has 7 heteroatoms. The van der Waals surface area contributed by atoms with Crippen molar-refractivity contribution in [2.75, 3.05) is 7.05 Å². The quantitative estimate of drug-likeness (QED) is 0.914. The zero-order chi connectivity index (χ0) is 14.0. The number of rotatable bonds is 4. The molecular formula is C12H16N4O2S. The first kappa shape index (κ1) is 13.7. The van der Waals surface area contributed by atoms with Gasteiger partial charge in [0.25, 0.3) is 0 Å². The Kier molecular flexibility index (Phi) is 3.68. The van der Waals surface area contributed by atoms with E-state index in [0.717, 1.165) is 5.56 Å². The van der Waals surface area contributed by atoms with Gasteiger partial charge < -0.3 is 0 Å². The standard InChI is InChI=1S/C12H16N4O2S/c1-9-12(10(2)15-14-9)19(17,18)16(3)8-11-4-6-13-7-5-11/h4-7H,8H2,1-3H3,(H,14,15). The van der Waals surface area contributed by atoms with Gasteiger partial charge in [-0.2, -0.15) is 9.40 Å². The Labute approximate surface area is 112 Å². The normalized spacial score (nSPS) is 12.0. The molecule has 2 heterocycles. The molecule has 102 valence electrons. The van der Waals surface area contributed by atoms with E-state index in [4.69, 9.17) is 0 Å². The predicted octanol–water partition coefficient (Wildman–Crippen LogP) is 1.24. The Hall–Kier alpha value is -1.73. The first-order chi connectivity index (χ1) is 8.93. The highest BCUT2D eigenvalue weighted by Gasteiger charge is 2.26. The average Bonchev–Trinajstić information content (AvgIpc) is 2.70. The maximum absolute atomic E-state index is 12.5. The Morgan fingerprint density at radius 3 is 2.42 bits per heavy atom. The summed E-state index contributed by atoms with van der Waals surface area (Å²) in [6.45, 7) is 3.68. The Morgan fingerprint density at radius 1 is 1.26 bits per heavy atom. The first-order valence-electron chi connectivity index (χ1n) is 5.79. The van der Waals surface area contributed by atoms with Gasteiger partial charge in [0.1, 0.15) is 4.90 Å². The maximum Gasteiger partial charge on any atom is 0.246 e. The fourth-order valence-corrected chi connectivity index (χ4v) is 3.39. The molecule has 0 spiro atoms. The number of sulfonamides is 1. The van der Waals surface area contributed by atoms with Crippen molar-refractivity contribution in [2.24, 2.45) is 0 Å². The van der Waals surface area contributed by atoms with E-state index in [2.05, 4.69) is 15.2 Å². The highest BCUT2D eigenvalue weighted by atomic mass is 32.2. The van der Waals surface area contributed by atoms with E-state index in [1.54, 1.807) is 45.4 Å². The van der Waals surface area contributed by atoms with E-state index in [1.165, 1.54) is 4.31 Å². The van der Waals surface area contributed by atoms with Crippen LogP contribution in [0.5, 0.6) is 0 Å². The number of nitrogens with zero attached hydrogens (tertiary/aromatic N) is 3. The highest BCUT2D eigenvalue weighted by Crippen LogP contribution is 2.21. The van der Waals surface area contributed by atoms with Crippen LogP contribution >= 0.6 is 0 Å². The van der Waals surface area contributed by atoms with E-state index >= 15 is 0 Å². The Bertz CT molecular complexity index is 645. The van der Waals surface area contributed by atoms with Crippen molar-refractivity contribution < 1.29 is 8.42 Å². The second-order valence-electron chi connectivity index (χ2n) is 4.38. The van der Waals surface area contributed by atoms with Crippen LogP contribution in [-0.4, -0.2) is 35.0 Å². The number of H-pyrrole nitrogens is 1. The van der Waals surface area contributed by atoms with Gasteiger partial charge in [-0.15, -0.1) is 0 Å². The molecule has 19 heavy (non-hydrogen) atoms. The van der Waals surface area contributed by atoms with Crippen molar-refractivity contribution in [1.82, 2.24) is 19.5 Å². The van der Waals surface area contributed by atoms with Crippen LogP contribution in [-0.2, 0) is 16.6 Å². The van der Waals surface area contributed by atoms with Crippen molar-refractivity contribution >= 4 is 10.0 Å². The van der Waals surface area contributed by atoms with E-state index in [9.17, 15) is 8.42 Å². The van der Waals surface area contributed by atoms with Gasteiger partial charge in [0.15, 0.2) is 0 Å². The van der Waals surface area contributed by atoms with Crippen molar-refractivity contribution in [3.05, 3.63) is 41.5 Å². The second-order valence-corrected chi connectivity index (χ2v) is 6.36. The predicted molar refractivity (Wildman–Crippen MR) is 71.0 cm³/mol. The summed E-state index contributed by atoms with van der Waals surface area (Å²) >= 11 is 0. The average molecular weight is 280 g/mol. The number of aryl methyl sites for hydroxylation is 2. The van der Waals surface area contributed by atoms with E-state index in [-0.39, 0.29) is 4.90 Å². The molecule has 0 aromatic carbocycles. The van der Waals surface area contributed by atoms with E-state index in [1.807, 2.05) is 0 Å². The molecule has 0 amide bonds. The summed E-state index contributed by atoms with van der Waals surface area (Å²) in [5, 5.41) is 6.63. The van der Waals surface area contributed by atoms with Crippen molar-refractivity contribution in [2.45, 2.75) is 25.3 Å². The molecule has 0 unspecified atom stereocenters. The number of hydrogen-bond donors (Lipinski definition) is 1. The third-order valence-electron chi connectivity index (χ3n) is 2.88. The fraction of sp³-hybridized carbons (Fsp3) is 0.333. The van der Waals surface area contributed by atoms with Crippen LogP contribution in [0.1, 0.15) is 17.0 Å². The van der Waals surface area contributed by atoms with Crippen LogP contribution in [0.4, 0.5) is 0 Å². The molecule has 0 aliphatic rings. The summed E-state index contributed by atoms with van der Waals surface area (Å²) in [7, 11) is -1.98.